The number of amides is 1. The standard InChI is InChI=1S/C10H10BrNO2S/c11-8-1-2-15-9(8)10(13)12-4-7-3-6(12)5-14-7/h1-2,6-7H,3-5H2. The van der Waals surface area contributed by atoms with E-state index >= 15 is 0 Å². The lowest BCUT2D eigenvalue weighted by molar-refractivity contribution is 0.0261. The van der Waals surface area contributed by atoms with Gasteiger partial charge in [-0.15, -0.1) is 11.3 Å². The summed E-state index contributed by atoms with van der Waals surface area (Å²) in [7, 11) is 0. The number of carbonyl (C=O) groups is 1. The fraction of sp³-hybridized carbons (Fsp3) is 0.500. The summed E-state index contributed by atoms with van der Waals surface area (Å²) in [6.07, 6.45) is 1.28. The first kappa shape index (κ1) is 9.81. The van der Waals surface area contributed by atoms with Gasteiger partial charge in [-0.05, 0) is 33.8 Å². The first-order valence-electron chi connectivity index (χ1n) is 4.91. The van der Waals surface area contributed by atoms with E-state index in [9.17, 15) is 4.79 Å². The number of nitrogens with zero attached hydrogens (tertiary/aromatic N) is 1. The second kappa shape index (κ2) is 3.57. The van der Waals surface area contributed by atoms with Crippen LogP contribution in [0.4, 0.5) is 0 Å². The number of fused-ring (bicyclic) bond motifs is 2. The van der Waals surface area contributed by atoms with Crippen molar-refractivity contribution in [3.8, 4) is 0 Å². The number of ether oxygens (including phenoxy) is 1. The molecule has 1 aromatic rings. The van der Waals surface area contributed by atoms with E-state index in [0.29, 0.717) is 12.6 Å². The van der Waals surface area contributed by atoms with E-state index in [1.807, 2.05) is 16.3 Å². The lowest BCUT2D eigenvalue weighted by Gasteiger charge is -2.26. The lowest BCUT2D eigenvalue weighted by atomic mass is 10.2. The number of morpholine rings is 1. The van der Waals surface area contributed by atoms with E-state index in [1.54, 1.807) is 0 Å². The van der Waals surface area contributed by atoms with Crippen LogP contribution < -0.4 is 0 Å². The molecule has 3 heterocycles. The van der Waals surface area contributed by atoms with Gasteiger partial charge in [0.15, 0.2) is 0 Å². The van der Waals surface area contributed by atoms with Gasteiger partial charge < -0.3 is 9.64 Å². The summed E-state index contributed by atoms with van der Waals surface area (Å²) in [5, 5.41) is 1.93. The second-order valence-corrected chi connectivity index (χ2v) is 5.67. The molecule has 2 fully saturated rings. The Labute approximate surface area is 100 Å². The van der Waals surface area contributed by atoms with Gasteiger partial charge in [-0.3, -0.25) is 4.79 Å². The molecule has 2 aliphatic heterocycles. The first-order chi connectivity index (χ1) is 7.25. The lowest BCUT2D eigenvalue weighted by Crippen LogP contribution is -2.41. The highest BCUT2D eigenvalue weighted by Crippen LogP contribution is 2.32. The topological polar surface area (TPSA) is 29.5 Å². The summed E-state index contributed by atoms with van der Waals surface area (Å²) in [6.45, 7) is 1.47. The van der Waals surface area contributed by atoms with Crippen molar-refractivity contribution in [1.29, 1.82) is 0 Å². The second-order valence-electron chi connectivity index (χ2n) is 3.90. The van der Waals surface area contributed by atoms with E-state index in [2.05, 4.69) is 15.9 Å². The zero-order valence-corrected chi connectivity index (χ0v) is 10.4. The number of hydrogen-bond donors (Lipinski definition) is 0. The van der Waals surface area contributed by atoms with Crippen LogP contribution in [0, 0.1) is 0 Å². The van der Waals surface area contributed by atoms with Gasteiger partial charge in [0.2, 0.25) is 0 Å². The average Bonchev–Trinajstić information content (AvgIpc) is 2.91. The van der Waals surface area contributed by atoms with Gasteiger partial charge in [0, 0.05) is 11.0 Å². The van der Waals surface area contributed by atoms with Crippen LogP contribution >= 0.6 is 27.3 Å². The highest BCUT2D eigenvalue weighted by molar-refractivity contribution is 9.10. The SMILES string of the molecule is O=C(c1sccc1Br)N1CC2CC1CO2. The number of hydrogen-bond acceptors (Lipinski definition) is 3. The maximum absolute atomic E-state index is 12.2. The normalized spacial score (nSPS) is 28.7. The fourth-order valence-corrected chi connectivity index (χ4v) is 3.72. The largest absolute Gasteiger partial charge is 0.374 e. The number of likely N-dealkylation sites (tertiary alicyclic amines) is 1. The molecule has 0 aliphatic carbocycles. The van der Waals surface area contributed by atoms with Gasteiger partial charge in [-0.1, -0.05) is 0 Å². The van der Waals surface area contributed by atoms with E-state index in [-0.39, 0.29) is 12.0 Å². The molecule has 2 unspecified atom stereocenters. The Morgan fingerprint density at radius 2 is 2.53 bits per heavy atom. The van der Waals surface area contributed by atoms with E-state index < -0.39 is 0 Å². The average molecular weight is 288 g/mol. The van der Waals surface area contributed by atoms with Gasteiger partial charge in [0.1, 0.15) is 4.88 Å². The molecule has 3 nitrogen and oxygen atoms in total. The zero-order chi connectivity index (χ0) is 10.4. The van der Waals surface area contributed by atoms with Crippen molar-refractivity contribution >= 4 is 33.2 Å². The molecule has 0 saturated carbocycles. The number of carbonyl (C=O) groups excluding carboxylic acids is 1. The molecular weight excluding hydrogens is 278 g/mol. The highest BCUT2D eigenvalue weighted by atomic mass is 79.9. The molecule has 80 valence electrons. The Kier molecular flexibility index (Phi) is 2.34. The van der Waals surface area contributed by atoms with Gasteiger partial charge in [-0.25, -0.2) is 0 Å². The minimum Gasteiger partial charge on any atom is -0.374 e. The zero-order valence-electron chi connectivity index (χ0n) is 7.98. The monoisotopic (exact) mass is 287 g/mol. The molecule has 0 N–H and O–H groups in total. The third-order valence-electron chi connectivity index (χ3n) is 2.97. The Morgan fingerprint density at radius 3 is 3.07 bits per heavy atom. The molecule has 0 aromatic carbocycles. The van der Waals surface area contributed by atoms with Crippen LogP contribution in [0.3, 0.4) is 0 Å². The minimum absolute atomic E-state index is 0.146. The third kappa shape index (κ3) is 1.53. The van der Waals surface area contributed by atoms with E-state index in [0.717, 1.165) is 22.3 Å². The van der Waals surface area contributed by atoms with Gasteiger partial charge >= 0.3 is 0 Å². The molecule has 2 atom stereocenters. The Hall–Kier alpha value is -0.390. The van der Waals surface area contributed by atoms with Gasteiger partial charge in [0.25, 0.3) is 5.91 Å². The predicted octanol–water partition coefficient (Wildman–Crippen LogP) is 2.12. The van der Waals surface area contributed by atoms with Crippen LogP contribution in [0.1, 0.15) is 16.1 Å². The van der Waals surface area contributed by atoms with Crippen molar-refractivity contribution in [2.45, 2.75) is 18.6 Å². The summed E-state index contributed by atoms with van der Waals surface area (Å²) in [6, 6.07) is 2.22. The maximum Gasteiger partial charge on any atom is 0.265 e. The van der Waals surface area contributed by atoms with Crippen LogP contribution in [-0.4, -0.2) is 36.1 Å². The van der Waals surface area contributed by atoms with Gasteiger partial charge in [-0.2, -0.15) is 0 Å². The molecule has 0 radical (unpaired) electrons. The molecule has 2 aliphatic rings. The van der Waals surface area contributed by atoms with Crippen molar-refractivity contribution in [3.05, 3.63) is 20.8 Å². The van der Waals surface area contributed by atoms with Gasteiger partial charge in [0.05, 0.1) is 18.8 Å². The molecule has 5 heteroatoms. The summed E-state index contributed by atoms with van der Waals surface area (Å²) in [4.78, 5) is 14.9. The van der Waals surface area contributed by atoms with Crippen LogP contribution in [0.5, 0.6) is 0 Å². The van der Waals surface area contributed by atoms with Crippen molar-refractivity contribution in [2.24, 2.45) is 0 Å². The van der Waals surface area contributed by atoms with Crippen LogP contribution in [0.2, 0.25) is 0 Å². The van der Waals surface area contributed by atoms with Crippen molar-refractivity contribution in [2.75, 3.05) is 13.2 Å². The molecule has 15 heavy (non-hydrogen) atoms. The summed E-state index contributed by atoms with van der Waals surface area (Å²) >= 11 is 4.89. The van der Waals surface area contributed by atoms with Crippen LogP contribution in [0.15, 0.2) is 15.9 Å². The Bertz CT molecular complexity index is 406. The molecule has 3 rings (SSSR count). The van der Waals surface area contributed by atoms with Crippen LogP contribution in [-0.2, 0) is 4.74 Å². The fourth-order valence-electron chi connectivity index (χ4n) is 2.23. The number of halogens is 1. The van der Waals surface area contributed by atoms with Crippen molar-refractivity contribution in [3.63, 3.8) is 0 Å². The molecule has 2 saturated heterocycles. The highest BCUT2D eigenvalue weighted by Gasteiger charge is 2.42. The van der Waals surface area contributed by atoms with E-state index in [1.165, 1.54) is 11.3 Å². The van der Waals surface area contributed by atoms with Crippen LogP contribution in [0.25, 0.3) is 0 Å². The maximum atomic E-state index is 12.2. The Balaban J connectivity index is 1.84. The molecule has 0 spiro atoms. The quantitative estimate of drug-likeness (QED) is 0.792. The first-order valence-corrected chi connectivity index (χ1v) is 6.58. The van der Waals surface area contributed by atoms with Crippen molar-refractivity contribution < 1.29 is 9.53 Å². The summed E-state index contributed by atoms with van der Waals surface area (Å²) < 4.78 is 6.38. The molecule has 2 bridgehead atoms. The number of thiophene rings is 1. The Morgan fingerprint density at radius 1 is 1.67 bits per heavy atom. The number of rotatable bonds is 1. The van der Waals surface area contributed by atoms with E-state index in [4.69, 9.17) is 4.74 Å². The molecule has 1 amide bonds. The predicted molar refractivity (Wildman–Crippen MR) is 61.2 cm³/mol. The minimum atomic E-state index is 0.146. The summed E-state index contributed by atoms with van der Waals surface area (Å²) in [5.74, 6) is 0.146. The van der Waals surface area contributed by atoms with Crippen molar-refractivity contribution in [1.82, 2.24) is 4.90 Å². The summed E-state index contributed by atoms with van der Waals surface area (Å²) in [5.41, 5.74) is 0. The smallest absolute Gasteiger partial charge is 0.265 e. The molecular formula is C10H10BrNO2S. The molecule has 1 aromatic heterocycles. The third-order valence-corrected chi connectivity index (χ3v) is 4.80.